The zero-order valence-corrected chi connectivity index (χ0v) is 10.3. The molecule has 0 radical (unpaired) electrons. The summed E-state index contributed by atoms with van der Waals surface area (Å²) in [5.74, 6) is 0. The second kappa shape index (κ2) is 4.03. The highest BCUT2D eigenvalue weighted by molar-refractivity contribution is 7.95. The molecule has 16 heavy (non-hydrogen) atoms. The van der Waals surface area contributed by atoms with Crippen LogP contribution in [0.3, 0.4) is 0 Å². The van der Waals surface area contributed by atoms with Gasteiger partial charge in [-0.1, -0.05) is 17.7 Å². The highest BCUT2D eigenvalue weighted by Crippen LogP contribution is 2.34. The molecule has 0 atom stereocenters. The predicted molar refractivity (Wildman–Crippen MR) is 64.9 cm³/mol. The van der Waals surface area contributed by atoms with E-state index in [1.807, 2.05) is 26.1 Å². The van der Waals surface area contributed by atoms with Crippen molar-refractivity contribution in [2.45, 2.75) is 18.2 Å². The van der Waals surface area contributed by atoms with Gasteiger partial charge in [0, 0.05) is 0 Å². The lowest BCUT2D eigenvalue weighted by Gasteiger charge is -2.03. The van der Waals surface area contributed by atoms with E-state index in [0.29, 0.717) is 22.8 Å². The number of sulfone groups is 1. The van der Waals surface area contributed by atoms with E-state index in [4.69, 9.17) is 0 Å². The zero-order chi connectivity index (χ0) is 11.8. The van der Waals surface area contributed by atoms with Crippen molar-refractivity contribution in [3.05, 3.63) is 34.2 Å². The Balaban J connectivity index is 2.44. The van der Waals surface area contributed by atoms with Crippen molar-refractivity contribution >= 4 is 15.9 Å². The minimum Gasteiger partial charge on any atom is -0.319 e. The van der Waals surface area contributed by atoms with Crippen LogP contribution in [0.1, 0.15) is 17.5 Å². The van der Waals surface area contributed by atoms with Gasteiger partial charge in [-0.15, -0.1) is 0 Å². The Morgan fingerprint density at radius 3 is 2.75 bits per heavy atom. The number of nitrogens with one attached hydrogen (secondary N) is 1. The number of benzene rings is 1. The van der Waals surface area contributed by atoms with Crippen LogP contribution < -0.4 is 5.32 Å². The summed E-state index contributed by atoms with van der Waals surface area (Å²) in [6.45, 7) is 2.64. The molecule has 3 nitrogen and oxygen atoms in total. The Kier molecular flexibility index (Phi) is 2.86. The minimum atomic E-state index is -3.21. The molecule has 0 amide bonds. The van der Waals surface area contributed by atoms with Crippen LogP contribution in [0.5, 0.6) is 0 Å². The fourth-order valence-electron chi connectivity index (χ4n) is 1.87. The number of hydrogen-bond donors (Lipinski definition) is 1. The summed E-state index contributed by atoms with van der Waals surface area (Å²) in [7, 11) is -1.40. The lowest BCUT2D eigenvalue weighted by molar-refractivity contribution is 0.601. The third-order valence-electron chi connectivity index (χ3n) is 2.74. The molecule has 0 unspecified atom stereocenters. The molecular formula is C12H15NO2S. The third-order valence-corrected chi connectivity index (χ3v) is 4.70. The highest BCUT2D eigenvalue weighted by Gasteiger charge is 2.28. The fourth-order valence-corrected chi connectivity index (χ4v) is 3.48. The van der Waals surface area contributed by atoms with Crippen LogP contribution in [-0.4, -0.2) is 22.0 Å². The smallest absolute Gasteiger partial charge is 0.203 e. The first-order valence-corrected chi connectivity index (χ1v) is 6.75. The first-order valence-electron chi connectivity index (χ1n) is 5.26. The average molecular weight is 237 g/mol. The molecule has 2 rings (SSSR count). The highest BCUT2D eigenvalue weighted by atomic mass is 32.2. The minimum absolute atomic E-state index is 0.448. The Bertz CT molecular complexity index is 544. The van der Waals surface area contributed by atoms with Gasteiger partial charge in [0.2, 0.25) is 9.84 Å². The van der Waals surface area contributed by atoms with Gasteiger partial charge < -0.3 is 5.32 Å². The standard InChI is InChI=1S/C12H15NO2S/c1-9-3-4-12-10(7-9)8-11(5-6-13-2)16(12,14)15/h3-4,7-8,13H,5-6H2,1-2H3. The molecule has 0 aliphatic carbocycles. The van der Waals surface area contributed by atoms with Gasteiger partial charge in [0.15, 0.2) is 0 Å². The molecule has 1 aromatic rings. The summed E-state index contributed by atoms with van der Waals surface area (Å²) in [5, 5.41) is 2.97. The van der Waals surface area contributed by atoms with Gasteiger partial charge in [-0.25, -0.2) is 8.42 Å². The van der Waals surface area contributed by atoms with Gasteiger partial charge >= 0.3 is 0 Å². The molecule has 1 N–H and O–H groups in total. The van der Waals surface area contributed by atoms with Crippen molar-refractivity contribution in [1.29, 1.82) is 0 Å². The second-order valence-electron chi connectivity index (χ2n) is 4.01. The Hall–Kier alpha value is -1.13. The van der Waals surface area contributed by atoms with Gasteiger partial charge in [0.1, 0.15) is 0 Å². The van der Waals surface area contributed by atoms with E-state index >= 15 is 0 Å². The topological polar surface area (TPSA) is 46.2 Å². The second-order valence-corrected chi connectivity index (χ2v) is 5.98. The van der Waals surface area contributed by atoms with Crippen molar-refractivity contribution < 1.29 is 8.42 Å². The van der Waals surface area contributed by atoms with Crippen LogP contribution >= 0.6 is 0 Å². The van der Waals surface area contributed by atoms with Gasteiger partial charge in [0.25, 0.3) is 0 Å². The summed E-state index contributed by atoms with van der Waals surface area (Å²) in [6, 6.07) is 5.45. The molecule has 1 aliphatic rings. The quantitative estimate of drug-likeness (QED) is 0.871. The molecule has 0 bridgehead atoms. The van der Waals surface area contributed by atoms with Gasteiger partial charge in [-0.05, 0) is 44.6 Å². The molecule has 86 valence electrons. The van der Waals surface area contributed by atoms with E-state index in [0.717, 1.165) is 11.1 Å². The third kappa shape index (κ3) is 1.79. The number of aryl methyl sites for hydroxylation is 1. The summed E-state index contributed by atoms with van der Waals surface area (Å²) in [6.07, 6.45) is 2.33. The normalized spacial score (nSPS) is 17.0. The van der Waals surface area contributed by atoms with Crippen molar-refractivity contribution in [2.24, 2.45) is 0 Å². The van der Waals surface area contributed by atoms with E-state index in [2.05, 4.69) is 5.32 Å². The summed E-state index contributed by atoms with van der Waals surface area (Å²) < 4.78 is 24.2. The molecule has 0 fully saturated rings. The van der Waals surface area contributed by atoms with Gasteiger partial charge in [-0.2, -0.15) is 0 Å². The molecule has 1 aliphatic heterocycles. The van der Waals surface area contributed by atoms with Crippen LogP contribution in [0.2, 0.25) is 0 Å². The fraction of sp³-hybridized carbons (Fsp3) is 0.333. The molecule has 0 aromatic heterocycles. The van der Waals surface area contributed by atoms with Crippen molar-refractivity contribution in [2.75, 3.05) is 13.6 Å². The van der Waals surface area contributed by atoms with E-state index in [1.165, 1.54) is 0 Å². The lowest BCUT2D eigenvalue weighted by Crippen LogP contribution is -2.11. The van der Waals surface area contributed by atoms with E-state index in [1.54, 1.807) is 12.1 Å². The number of hydrogen-bond acceptors (Lipinski definition) is 3. The predicted octanol–water partition coefficient (Wildman–Crippen LogP) is 1.73. The maximum absolute atomic E-state index is 12.1. The molecule has 0 saturated carbocycles. The van der Waals surface area contributed by atoms with Crippen LogP contribution in [0, 0.1) is 6.92 Å². The first-order chi connectivity index (χ1) is 7.55. The molecule has 1 aromatic carbocycles. The Morgan fingerprint density at radius 1 is 1.31 bits per heavy atom. The van der Waals surface area contributed by atoms with Crippen LogP contribution in [0.4, 0.5) is 0 Å². The van der Waals surface area contributed by atoms with Crippen LogP contribution in [0.15, 0.2) is 28.0 Å². The van der Waals surface area contributed by atoms with Crippen LogP contribution in [0.25, 0.3) is 6.08 Å². The zero-order valence-electron chi connectivity index (χ0n) is 9.45. The Morgan fingerprint density at radius 2 is 2.06 bits per heavy atom. The van der Waals surface area contributed by atoms with E-state index < -0.39 is 9.84 Å². The van der Waals surface area contributed by atoms with Gasteiger partial charge in [-0.3, -0.25) is 0 Å². The lowest BCUT2D eigenvalue weighted by atomic mass is 10.1. The van der Waals surface area contributed by atoms with E-state index in [9.17, 15) is 8.42 Å². The molecule has 0 saturated heterocycles. The maximum Gasteiger partial charge on any atom is 0.203 e. The van der Waals surface area contributed by atoms with Crippen molar-refractivity contribution in [1.82, 2.24) is 5.32 Å². The Labute approximate surface area is 96.1 Å². The summed E-state index contributed by atoms with van der Waals surface area (Å²) >= 11 is 0. The monoisotopic (exact) mass is 237 g/mol. The average Bonchev–Trinajstić information content (AvgIpc) is 2.47. The molecule has 1 heterocycles. The molecule has 4 heteroatoms. The SMILES string of the molecule is CNCCC1=Cc2cc(C)ccc2S1(=O)=O. The summed E-state index contributed by atoms with van der Waals surface area (Å²) in [4.78, 5) is 0.964. The van der Waals surface area contributed by atoms with Gasteiger partial charge in [0.05, 0.1) is 9.80 Å². The number of rotatable bonds is 3. The summed E-state index contributed by atoms with van der Waals surface area (Å²) in [5.41, 5.74) is 1.91. The van der Waals surface area contributed by atoms with Crippen LogP contribution in [-0.2, 0) is 9.84 Å². The maximum atomic E-state index is 12.1. The number of fused-ring (bicyclic) bond motifs is 1. The van der Waals surface area contributed by atoms with Crippen molar-refractivity contribution in [3.8, 4) is 0 Å². The van der Waals surface area contributed by atoms with E-state index in [-0.39, 0.29) is 0 Å². The largest absolute Gasteiger partial charge is 0.319 e. The molecular weight excluding hydrogens is 222 g/mol. The van der Waals surface area contributed by atoms with Crippen molar-refractivity contribution in [3.63, 3.8) is 0 Å². The first kappa shape index (κ1) is 11.4. The molecule has 0 spiro atoms.